The summed E-state index contributed by atoms with van der Waals surface area (Å²) in [7, 11) is 0. The highest BCUT2D eigenvalue weighted by Crippen LogP contribution is 2.46. The second-order valence-electron chi connectivity index (χ2n) is 4.87. The normalized spacial score (nSPS) is 18.2. The average molecular weight is 216 g/mol. The van der Waals surface area contributed by atoms with Crippen LogP contribution in [0.2, 0.25) is 0 Å². The summed E-state index contributed by atoms with van der Waals surface area (Å²) in [6, 6.07) is 8.39. The quantitative estimate of drug-likeness (QED) is 0.857. The molecule has 1 N–H and O–H groups in total. The van der Waals surface area contributed by atoms with Gasteiger partial charge >= 0.3 is 0 Å². The van der Waals surface area contributed by atoms with E-state index in [0.29, 0.717) is 6.04 Å². The van der Waals surface area contributed by atoms with Crippen LogP contribution in [0.3, 0.4) is 0 Å². The Morgan fingerprint density at radius 1 is 1.31 bits per heavy atom. The number of nitrogens with zero attached hydrogens (tertiary/aromatic N) is 1. The zero-order chi connectivity index (χ0) is 11.2. The molecule has 1 fully saturated rings. The number of benzene rings is 1. The van der Waals surface area contributed by atoms with Crippen molar-refractivity contribution >= 4 is 11.1 Å². The number of aromatic nitrogens is 1. The topological polar surface area (TPSA) is 38.1 Å². The first kappa shape index (κ1) is 9.85. The molecule has 0 saturated heterocycles. The number of rotatable bonds is 3. The van der Waals surface area contributed by atoms with Gasteiger partial charge in [0.1, 0.15) is 5.52 Å². The van der Waals surface area contributed by atoms with Crippen molar-refractivity contribution in [3.05, 3.63) is 30.2 Å². The fourth-order valence-electron chi connectivity index (χ4n) is 2.17. The van der Waals surface area contributed by atoms with Crippen LogP contribution in [-0.4, -0.2) is 11.0 Å². The van der Waals surface area contributed by atoms with E-state index in [9.17, 15) is 0 Å². The summed E-state index contributed by atoms with van der Waals surface area (Å²) in [5, 5.41) is 3.55. The lowest BCUT2D eigenvalue weighted by Crippen LogP contribution is -2.34. The lowest BCUT2D eigenvalue weighted by molar-refractivity contribution is 0.371. The van der Waals surface area contributed by atoms with Gasteiger partial charge < -0.3 is 9.73 Å². The van der Waals surface area contributed by atoms with Crippen molar-refractivity contribution in [2.75, 3.05) is 0 Å². The minimum Gasteiger partial charge on any atom is -0.439 e. The van der Waals surface area contributed by atoms with Crippen LogP contribution >= 0.6 is 0 Å². The Kier molecular flexibility index (Phi) is 2.04. The van der Waals surface area contributed by atoms with E-state index in [1.54, 1.807) is 0 Å². The van der Waals surface area contributed by atoms with Gasteiger partial charge in [-0.25, -0.2) is 4.98 Å². The fraction of sp³-hybridized carbons (Fsp3) is 0.462. The lowest BCUT2D eigenvalue weighted by atomic mass is 10.2. The van der Waals surface area contributed by atoms with E-state index in [4.69, 9.17) is 4.42 Å². The van der Waals surface area contributed by atoms with Gasteiger partial charge in [0.2, 0.25) is 5.89 Å². The minimum atomic E-state index is 0.00713. The van der Waals surface area contributed by atoms with Crippen molar-refractivity contribution in [2.45, 2.75) is 38.3 Å². The Morgan fingerprint density at radius 3 is 2.69 bits per heavy atom. The molecule has 0 aliphatic heterocycles. The van der Waals surface area contributed by atoms with Gasteiger partial charge in [-0.15, -0.1) is 0 Å². The van der Waals surface area contributed by atoms with E-state index in [1.807, 2.05) is 24.3 Å². The third-order valence-corrected chi connectivity index (χ3v) is 3.02. The molecule has 84 valence electrons. The first-order valence-electron chi connectivity index (χ1n) is 5.83. The zero-order valence-electron chi connectivity index (χ0n) is 9.66. The highest BCUT2D eigenvalue weighted by molar-refractivity contribution is 5.72. The lowest BCUT2D eigenvalue weighted by Gasteiger charge is -2.16. The molecule has 0 unspecified atom stereocenters. The van der Waals surface area contributed by atoms with Gasteiger partial charge in [-0.05, 0) is 38.8 Å². The predicted molar refractivity (Wildman–Crippen MR) is 63.2 cm³/mol. The molecule has 1 aliphatic carbocycles. The van der Waals surface area contributed by atoms with Gasteiger partial charge in [-0.3, -0.25) is 0 Å². The van der Waals surface area contributed by atoms with Crippen molar-refractivity contribution < 1.29 is 4.42 Å². The van der Waals surface area contributed by atoms with Crippen molar-refractivity contribution in [2.24, 2.45) is 0 Å². The van der Waals surface area contributed by atoms with Gasteiger partial charge in [-0.1, -0.05) is 12.1 Å². The monoisotopic (exact) mass is 216 g/mol. The summed E-state index contributed by atoms with van der Waals surface area (Å²) in [6.45, 7) is 4.31. The highest BCUT2D eigenvalue weighted by atomic mass is 16.4. The molecular formula is C13H16N2O. The molecule has 0 spiro atoms. The summed E-state index contributed by atoms with van der Waals surface area (Å²) >= 11 is 0. The Hall–Kier alpha value is -1.35. The minimum absolute atomic E-state index is 0.00713. The molecule has 3 nitrogen and oxygen atoms in total. The number of oxazole rings is 1. The first-order chi connectivity index (χ1) is 7.70. The zero-order valence-corrected chi connectivity index (χ0v) is 9.66. The molecule has 0 atom stereocenters. The third-order valence-electron chi connectivity index (χ3n) is 3.02. The standard InChI is InChI=1S/C13H16N2O/c1-9(2)15-13(7-8-13)12-14-10-5-3-4-6-11(10)16-12/h3-6,9,15H,7-8H2,1-2H3. The van der Waals surface area contributed by atoms with Crippen LogP contribution in [0.4, 0.5) is 0 Å². The molecule has 1 aromatic carbocycles. The molecular weight excluding hydrogens is 200 g/mol. The molecule has 1 aliphatic rings. The molecule has 16 heavy (non-hydrogen) atoms. The van der Waals surface area contributed by atoms with E-state index in [2.05, 4.69) is 24.1 Å². The highest BCUT2D eigenvalue weighted by Gasteiger charge is 2.49. The van der Waals surface area contributed by atoms with Crippen LogP contribution in [0.1, 0.15) is 32.6 Å². The van der Waals surface area contributed by atoms with Gasteiger partial charge in [0.15, 0.2) is 5.58 Å². The summed E-state index contributed by atoms with van der Waals surface area (Å²) in [5.74, 6) is 0.849. The molecule has 3 heteroatoms. The number of fused-ring (bicyclic) bond motifs is 1. The van der Waals surface area contributed by atoms with Gasteiger partial charge in [0, 0.05) is 6.04 Å². The van der Waals surface area contributed by atoms with Gasteiger partial charge in [0.05, 0.1) is 5.54 Å². The SMILES string of the molecule is CC(C)NC1(c2nc3ccccc3o2)CC1. The smallest absolute Gasteiger partial charge is 0.215 e. The van der Waals surface area contributed by atoms with E-state index < -0.39 is 0 Å². The maximum absolute atomic E-state index is 5.82. The summed E-state index contributed by atoms with van der Waals surface area (Å²) in [5.41, 5.74) is 1.84. The van der Waals surface area contributed by atoms with Crippen molar-refractivity contribution in [3.8, 4) is 0 Å². The molecule has 1 aromatic heterocycles. The van der Waals surface area contributed by atoms with E-state index in [1.165, 1.54) is 0 Å². The van der Waals surface area contributed by atoms with E-state index in [0.717, 1.165) is 29.8 Å². The average Bonchev–Trinajstić information content (AvgIpc) is 2.89. The predicted octanol–water partition coefficient (Wildman–Crippen LogP) is 2.81. The van der Waals surface area contributed by atoms with Crippen LogP contribution < -0.4 is 5.32 Å². The Labute approximate surface area is 94.9 Å². The summed E-state index contributed by atoms with van der Waals surface area (Å²) in [6.07, 6.45) is 2.25. The van der Waals surface area contributed by atoms with Crippen molar-refractivity contribution in [3.63, 3.8) is 0 Å². The van der Waals surface area contributed by atoms with Crippen LogP contribution in [0.5, 0.6) is 0 Å². The van der Waals surface area contributed by atoms with Gasteiger partial charge in [-0.2, -0.15) is 0 Å². The molecule has 2 aromatic rings. The van der Waals surface area contributed by atoms with E-state index >= 15 is 0 Å². The third kappa shape index (κ3) is 1.52. The largest absolute Gasteiger partial charge is 0.439 e. The maximum Gasteiger partial charge on any atom is 0.215 e. The fourth-order valence-corrected chi connectivity index (χ4v) is 2.17. The van der Waals surface area contributed by atoms with Gasteiger partial charge in [0.25, 0.3) is 0 Å². The molecule has 3 rings (SSSR count). The van der Waals surface area contributed by atoms with Crippen LogP contribution in [0, 0.1) is 0 Å². The molecule has 0 bridgehead atoms. The Balaban J connectivity index is 2.00. The molecule has 0 amide bonds. The Morgan fingerprint density at radius 2 is 2.06 bits per heavy atom. The molecule has 1 saturated carbocycles. The van der Waals surface area contributed by atoms with Crippen LogP contribution in [0.15, 0.2) is 28.7 Å². The van der Waals surface area contributed by atoms with Crippen molar-refractivity contribution in [1.82, 2.24) is 10.3 Å². The number of para-hydroxylation sites is 2. The second-order valence-corrected chi connectivity index (χ2v) is 4.87. The molecule has 1 heterocycles. The summed E-state index contributed by atoms with van der Waals surface area (Å²) < 4.78 is 5.82. The number of hydrogen-bond donors (Lipinski definition) is 1. The second kappa shape index (κ2) is 3.32. The van der Waals surface area contributed by atoms with Crippen molar-refractivity contribution in [1.29, 1.82) is 0 Å². The molecule has 0 radical (unpaired) electrons. The Bertz CT molecular complexity index is 478. The summed E-state index contributed by atoms with van der Waals surface area (Å²) in [4.78, 5) is 4.57. The van der Waals surface area contributed by atoms with Crippen LogP contribution in [0.25, 0.3) is 11.1 Å². The number of hydrogen-bond acceptors (Lipinski definition) is 3. The first-order valence-corrected chi connectivity index (χ1v) is 5.83. The van der Waals surface area contributed by atoms with E-state index in [-0.39, 0.29) is 5.54 Å². The van der Waals surface area contributed by atoms with Crippen LogP contribution in [-0.2, 0) is 5.54 Å². The maximum atomic E-state index is 5.82. The number of nitrogens with one attached hydrogen (secondary N) is 1.